The third-order valence-electron chi connectivity index (χ3n) is 2.76. The van der Waals surface area contributed by atoms with E-state index in [0.29, 0.717) is 5.92 Å². The molecule has 3 nitrogen and oxygen atoms in total. The molecule has 0 fully saturated rings. The van der Waals surface area contributed by atoms with Crippen LogP contribution in [-0.2, 0) is 13.0 Å². The smallest absolute Gasteiger partial charge is 0.143 e. The minimum Gasteiger partial charge on any atom is -0.361 e. The number of nitrogens with one attached hydrogen (secondary N) is 1. The van der Waals surface area contributed by atoms with Gasteiger partial charge in [0.15, 0.2) is 0 Å². The van der Waals surface area contributed by atoms with Crippen LogP contribution in [0.1, 0.15) is 42.7 Å². The van der Waals surface area contributed by atoms with E-state index in [9.17, 15) is 0 Å². The summed E-state index contributed by atoms with van der Waals surface area (Å²) in [5.74, 6) is 1.68. The van der Waals surface area contributed by atoms with Gasteiger partial charge in [0.2, 0.25) is 0 Å². The Morgan fingerprint density at radius 3 is 3.23 bits per heavy atom. The van der Waals surface area contributed by atoms with E-state index in [1.807, 2.05) is 7.05 Å². The highest BCUT2D eigenvalue weighted by molar-refractivity contribution is 5.27. The van der Waals surface area contributed by atoms with Crippen molar-refractivity contribution in [2.45, 2.75) is 38.6 Å². The molecule has 0 saturated carbocycles. The zero-order valence-electron chi connectivity index (χ0n) is 8.26. The van der Waals surface area contributed by atoms with Gasteiger partial charge in [0.25, 0.3) is 0 Å². The summed E-state index contributed by atoms with van der Waals surface area (Å²) in [7, 11) is 1.94. The first-order chi connectivity index (χ1) is 6.33. The van der Waals surface area contributed by atoms with Gasteiger partial charge in [-0.05, 0) is 26.3 Å². The van der Waals surface area contributed by atoms with Gasteiger partial charge in [0, 0.05) is 18.0 Å². The molecule has 2 rings (SSSR count). The molecule has 0 radical (unpaired) electrons. The van der Waals surface area contributed by atoms with Gasteiger partial charge in [-0.1, -0.05) is 12.1 Å². The van der Waals surface area contributed by atoms with Gasteiger partial charge in [-0.3, -0.25) is 0 Å². The Kier molecular flexibility index (Phi) is 2.36. The Morgan fingerprint density at radius 1 is 1.62 bits per heavy atom. The molecule has 1 aromatic rings. The van der Waals surface area contributed by atoms with Gasteiger partial charge >= 0.3 is 0 Å². The summed E-state index contributed by atoms with van der Waals surface area (Å²) in [6.45, 7) is 3.04. The summed E-state index contributed by atoms with van der Waals surface area (Å²) < 4.78 is 5.36. The van der Waals surface area contributed by atoms with Crippen molar-refractivity contribution in [3.05, 3.63) is 17.0 Å². The van der Waals surface area contributed by atoms with Gasteiger partial charge in [-0.25, -0.2) is 0 Å². The summed E-state index contributed by atoms with van der Waals surface area (Å²) in [6, 6.07) is 0. The Labute approximate surface area is 78.5 Å². The van der Waals surface area contributed by atoms with Crippen LogP contribution >= 0.6 is 0 Å². The molecule has 1 unspecified atom stereocenters. The van der Waals surface area contributed by atoms with E-state index in [1.54, 1.807) is 0 Å². The van der Waals surface area contributed by atoms with Crippen LogP contribution in [0.25, 0.3) is 0 Å². The quantitative estimate of drug-likeness (QED) is 0.754. The lowest BCUT2D eigenvalue weighted by molar-refractivity contribution is 0.345. The molecule has 0 amide bonds. The molecule has 3 heteroatoms. The summed E-state index contributed by atoms with van der Waals surface area (Å²) in [5, 5.41) is 7.21. The Balaban J connectivity index is 2.30. The molecule has 0 aliphatic heterocycles. The Morgan fingerprint density at radius 2 is 2.46 bits per heavy atom. The zero-order valence-corrected chi connectivity index (χ0v) is 8.26. The predicted octanol–water partition coefficient (Wildman–Crippen LogP) is 1.83. The molecule has 13 heavy (non-hydrogen) atoms. The number of rotatable bonds is 2. The fourth-order valence-electron chi connectivity index (χ4n) is 2.03. The molecule has 1 aliphatic rings. The van der Waals surface area contributed by atoms with Crippen molar-refractivity contribution >= 4 is 0 Å². The number of fused-ring (bicyclic) bond motifs is 1. The molecule has 0 saturated heterocycles. The van der Waals surface area contributed by atoms with Gasteiger partial charge < -0.3 is 9.84 Å². The minimum atomic E-state index is 0.557. The molecular formula is C10H16N2O. The standard InChI is InChI=1S/C10H16N2O/c1-7-4-3-5-8-9(6-11-2)12-13-10(7)8/h7,11H,3-6H2,1-2H3. The summed E-state index contributed by atoms with van der Waals surface area (Å²) in [5.41, 5.74) is 2.46. The molecule has 1 heterocycles. The van der Waals surface area contributed by atoms with E-state index in [4.69, 9.17) is 4.52 Å². The maximum absolute atomic E-state index is 5.36. The highest BCUT2D eigenvalue weighted by Crippen LogP contribution is 2.32. The second-order valence-corrected chi connectivity index (χ2v) is 3.80. The maximum atomic E-state index is 5.36. The maximum Gasteiger partial charge on any atom is 0.143 e. The van der Waals surface area contributed by atoms with Gasteiger partial charge in [-0.2, -0.15) is 0 Å². The SMILES string of the molecule is CNCc1noc2c1CCCC2C. The van der Waals surface area contributed by atoms with E-state index < -0.39 is 0 Å². The lowest BCUT2D eigenvalue weighted by Gasteiger charge is -2.15. The van der Waals surface area contributed by atoms with Crippen LogP contribution in [0, 0.1) is 0 Å². The molecule has 1 aliphatic carbocycles. The average molecular weight is 180 g/mol. The van der Waals surface area contributed by atoms with Crippen molar-refractivity contribution in [3.63, 3.8) is 0 Å². The molecule has 0 bridgehead atoms. The first kappa shape index (κ1) is 8.75. The van der Waals surface area contributed by atoms with Crippen LogP contribution in [0.2, 0.25) is 0 Å². The number of aromatic nitrogens is 1. The monoisotopic (exact) mass is 180 g/mol. The molecule has 72 valence electrons. The van der Waals surface area contributed by atoms with E-state index in [0.717, 1.165) is 24.4 Å². The fourth-order valence-corrected chi connectivity index (χ4v) is 2.03. The molecule has 1 aromatic heterocycles. The highest BCUT2D eigenvalue weighted by Gasteiger charge is 2.24. The molecule has 0 spiro atoms. The van der Waals surface area contributed by atoms with E-state index in [2.05, 4.69) is 17.4 Å². The largest absolute Gasteiger partial charge is 0.361 e. The Hall–Kier alpha value is -0.830. The second-order valence-electron chi connectivity index (χ2n) is 3.80. The third kappa shape index (κ3) is 1.48. The Bertz CT molecular complexity index is 293. The van der Waals surface area contributed by atoms with Crippen LogP contribution in [0.3, 0.4) is 0 Å². The van der Waals surface area contributed by atoms with Crippen molar-refractivity contribution in [1.82, 2.24) is 10.5 Å². The van der Waals surface area contributed by atoms with Gasteiger partial charge in [-0.15, -0.1) is 0 Å². The van der Waals surface area contributed by atoms with Crippen LogP contribution < -0.4 is 5.32 Å². The molecule has 0 aromatic carbocycles. The highest BCUT2D eigenvalue weighted by atomic mass is 16.5. The molecular weight excluding hydrogens is 164 g/mol. The van der Waals surface area contributed by atoms with Gasteiger partial charge in [0.1, 0.15) is 11.5 Å². The second kappa shape index (κ2) is 3.50. The zero-order chi connectivity index (χ0) is 9.26. The predicted molar refractivity (Wildman–Crippen MR) is 50.6 cm³/mol. The van der Waals surface area contributed by atoms with E-state index in [-0.39, 0.29) is 0 Å². The van der Waals surface area contributed by atoms with Crippen molar-refractivity contribution in [3.8, 4) is 0 Å². The summed E-state index contributed by atoms with van der Waals surface area (Å²) >= 11 is 0. The van der Waals surface area contributed by atoms with Crippen LogP contribution in [0.4, 0.5) is 0 Å². The van der Waals surface area contributed by atoms with E-state index in [1.165, 1.54) is 18.4 Å². The van der Waals surface area contributed by atoms with Crippen LogP contribution in [0.15, 0.2) is 4.52 Å². The number of hydrogen-bond acceptors (Lipinski definition) is 3. The molecule has 1 atom stereocenters. The van der Waals surface area contributed by atoms with Crippen LogP contribution in [0.5, 0.6) is 0 Å². The van der Waals surface area contributed by atoms with Gasteiger partial charge in [0.05, 0.1) is 0 Å². The minimum absolute atomic E-state index is 0.557. The summed E-state index contributed by atoms with van der Waals surface area (Å²) in [6.07, 6.45) is 3.65. The summed E-state index contributed by atoms with van der Waals surface area (Å²) in [4.78, 5) is 0. The first-order valence-electron chi connectivity index (χ1n) is 4.95. The number of nitrogens with zero attached hydrogens (tertiary/aromatic N) is 1. The third-order valence-corrected chi connectivity index (χ3v) is 2.76. The lowest BCUT2D eigenvalue weighted by Crippen LogP contribution is -2.10. The van der Waals surface area contributed by atoms with Crippen molar-refractivity contribution in [2.75, 3.05) is 7.05 Å². The van der Waals surface area contributed by atoms with Crippen molar-refractivity contribution in [1.29, 1.82) is 0 Å². The van der Waals surface area contributed by atoms with E-state index >= 15 is 0 Å². The first-order valence-corrected chi connectivity index (χ1v) is 4.95. The number of hydrogen-bond donors (Lipinski definition) is 1. The normalized spacial score (nSPS) is 21.5. The van der Waals surface area contributed by atoms with Crippen molar-refractivity contribution < 1.29 is 4.52 Å². The fraction of sp³-hybridized carbons (Fsp3) is 0.700. The lowest BCUT2D eigenvalue weighted by atomic mass is 9.89. The van der Waals surface area contributed by atoms with Crippen LogP contribution in [-0.4, -0.2) is 12.2 Å². The topological polar surface area (TPSA) is 38.1 Å². The van der Waals surface area contributed by atoms with Crippen molar-refractivity contribution in [2.24, 2.45) is 0 Å². The average Bonchev–Trinajstić information content (AvgIpc) is 2.51. The molecule has 1 N–H and O–H groups in total.